The summed E-state index contributed by atoms with van der Waals surface area (Å²) in [5, 5.41) is 3.68. The molecular weight excluding hydrogens is 376 g/mol. The normalized spacial score (nSPS) is 20.5. The van der Waals surface area contributed by atoms with Crippen molar-refractivity contribution in [2.24, 2.45) is 5.92 Å². The Hall–Kier alpha value is -1.86. The average molecular weight is 405 g/mol. The number of rotatable bonds is 4. The number of nitrogens with zero attached hydrogens (tertiary/aromatic N) is 1. The lowest BCUT2D eigenvalue weighted by atomic mass is 9.95. The third-order valence-electron chi connectivity index (χ3n) is 6.03. The third kappa shape index (κ3) is 3.96. The van der Waals surface area contributed by atoms with Gasteiger partial charge in [0.2, 0.25) is 10.0 Å². The van der Waals surface area contributed by atoms with Crippen LogP contribution in [-0.4, -0.2) is 37.8 Å². The zero-order chi connectivity index (χ0) is 19.7. The molecule has 0 unspecified atom stereocenters. The van der Waals surface area contributed by atoms with Crippen LogP contribution in [0.25, 0.3) is 11.0 Å². The van der Waals surface area contributed by atoms with E-state index in [9.17, 15) is 13.2 Å². The van der Waals surface area contributed by atoms with Gasteiger partial charge in [0.25, 0.3) is 5.91 Å². The van der Waals surface area contributed by atoms with Crippen molar-refractivity contribution >= 4 is 26.9 Å². The Morgan fingerprint density at radius 3 is 2.50 bits per heavy atom. The van der Waals surface area contributed by atoms with Crippen molar-refractivity contribution in [3.8, 4) is 0 Å². The van der Waals surface area contributed by atoms with Crippen LogP contribution in [0.15, 0.2) is 33.6 Å². The van der Waals surface area contributed by atoms with E-state index in [0.717, 1.165) is 38.5 Å². The highest BCUT2D eigenvalue weighted by atomic mass is 32.2. The number of fused-ring (bicyclic) bond motifs is 1. The summed E-state index contributed by atoms with van der Waals surface area (Å²) in [6.07, 6.45) is 7.29. The maximum atomic E-state index is 13.0. The van der Waals surface area contributed by atoms with Crippen LogP contribution in [0.3, 0.4) is 0 Å². The minimum absolute atomic E-state index is 0.201. The Labute approximate surface area is 166 Å². The molecule has 1 saturated heterocycles. The van der Waals surface area contributed by atoms with Crippen molar-refractivity contribution in [1.82, 2.24) is 9.62 Å². The maximum absolute atomic E-state index is 13.0. The lowest BCUT2D eigenvalue weighted by Crippen LogP contribution is -2.37. The molecule has 7 heteroatoms. The van der Waals surface area contributed by atoms with E-state index in [1.165, 1.54) is 6.42 Å². The second-order valence-electron chi connectivity index (χ2n) is 8.21. The van der Waals surface area contributed by atoms with Gasteiger partial charge in [0.15, 0.2) is 5.76 Å². The van der Waals surface area contributed by atoms with Crippen LogP contribution < -0.4 is 5.32 Å². The first-order chi connectivity index (χ1) is 13.4. The zero-order valence-corrected chi connectivity index (χ0v) is 17.1. The average Bonchev–Trinajstić information content (AvgIpc) is 3.13. The Kier molecular flexibility index (Phi) is 5.47. The van der Waals surface area contributed by atoms with Crippen LogP contribution in [0.1, 0.15) is 62.4 Å². The van der Waals surface area contributed by atoms with Gasteiger partial charge in [-0.2, -0.15) is 4.31 Å². The lowest BCUT2D eigenvalue weighted by molar-refractivity contribution is 0.0901. The number of carbonyl (C=O) groups is 1. The fourth-order valence-corrected chi connectivity index (χ4v) is 5.68. The summed E-state index contributed by atoms with van der Waals surface area (Å²) in [6, 6.07) is 6.68. The van der Waals surface area contributed by atoms with Crippen LogP contribution in [-0.2, 0) is 10.0 Å². The number of sulfonamides is 1. The van der Waals surface area contributed by atoms with Crippen molar-refractivity contribution in [3.05, 3.63) is 30.0 Å². The molecule has 1 aromatic heterocycles. The second kappa shape index (κ2) is 7.87. The van der Waals surface area contributed by atoms with Gasteiger partial charge in [-0.15, -0.1) is 0 Å². The molecule has 152 valence electrons. The number of nitrogens with one attached hydrogen (secondary N) is 1. The minimum atomic E-state index is -3.52. The molecule has 2 aromatic rings. The lowest BCUT2D eigenvalue weighted by Gasteiger charge is -2.29. The fraction of sp³-hybridized carbons (Fsp3) is 0.571. The largest absolute Gasteiger partial charge is 0.451 e. The van der Waals surface area contributed by atoms with Crippen LogP contribution in [0.4, 0.5) is 0 Å². The maximum Gasteiger partial charge on any atom is 0.287 e. The Morgan fingerprint density at radius 2 is 1.79 bits per heavy atom. The summed E-state index contributed by atoms with van der Waals surface area (Å²) in [6.45, 7) is 3.27. The molecule has 28 heavy (non-hydrogen) atoms. The quantitative estimate of drug-likeness (QED) is 0.838. The van der Waals surface area contributed by atoms with Gasteiger partial charge in [0, 0.05) is 24.5 Å². The van der Waals surface area contributed by atoms with E-state index < -0.39 is 10.0 Å². The topological polar surface area (TPSA) is 79.6 Å². The first-order valence-electron chi connectivity index (χ1n) is 10.3. The molecule has 2 fully saturated rings. The van der Waals surface area contributed by atoms with Gasteiger partial charge >= 0.3 is 0 Å². The van der Waals surface area contributed by atoms with Crippen molar-refractivity contribution in [2.45, 2.75) is 62.8 Å². The second-order valence-corrected chi connectivity index (χ2v) is 10.1. The summed E-state index contributed by atoms with van der Waals surface area (Å²) >= 11 is 0. The Bertz CT molecular complexity index is 952. The molecule has 1 amide bonds. The number of amides is 1. The molecule has 0 atom stereocenters. The standard InChI is InChI=1S/C21H28N2O4S/c1-15-9-11-23(12-10-15)28(25,26)18-7-8-19-16(13-18)14-20(27-19)21(24)22-17-5-3-2-4-6-17/h7-8,13-15,17H,2-6,9-12H2,1H3,(H,22,24). The summed E-state index contributed by atoms with van der Waals surface area (Å²) in [4.78, 5) is 12.8. The number of benzene rings is 1. The first-order valence-corrected chi connectivity index (χ1v) is 11.7. The number of piperidine rings is 1. The number of hydrogen-bond donors (Lipinski definition) is 1. The van der Waals surface area contributed by atoms with E-state index in [4.69, 9.17) is 4.42 Å². The zero-order valence-electron chi connectivity index (χ0n) is 16.3. The molecule has 1 aliphatic heterocycles. The predicted molar refractivity (Wildman–Crippen MR) is 108 cm³/mol. The highest BCUT2D eigenvalue weighted by Gasteiger charge is 2.28. The molecule has 2 aliphatic rings. The molecule has 6 nitrogen and oxygen atoms in total. The molecule has 1 aromatic carbocycles. The van der Waals surface area contributed by atoms with Gasteiger partial charge < -0.3 is 9.73 Å². The van der Waals surface area contributed by atoms with E-state index >= 15 is 0 Å². The van der Waals surface area contributed by atoms with Crippen LogP contribution in [0, 0.1) is 5.92 Å². The third-order valence-corrected chi connectivity index (χ3v) is 7.93. The first kappa shape index (κ1) is 19.5. The van der Waals surface area contributed by atoms with Gasteiger partial charge in [-0.05, 0) is 55.9 Å². The van der Waals surface area contributed by atoms with Crippen LogP contribution in [0.5, 0.6) is 0 Å². The van der Waals surface area contributed by atoms with Gasteiger partial charge in [-0.3, -0.25) is 4.79 Å². The highest BCUT2D eigenvalue weighted by molar-refractivity contribution is 7.89. The monoisotopic (exact) mass is 404 g/mol. The number of furan rings is 1. The van der Waals surface area contributed by atoms with Crippen molar-refractivity contribution in [1.29, 1.82) is 0 Å². The molecule has 0 radical (unpaired) electrons. The van der Waals surface area contributed by atoms with Crippen molar-refractivity contribution in [2.75, 3.05) is 13.1 Å². The van der Waals surface area contributed by atoms with E-state index in [1.807, 2.05) is 0 Å². The Morgan fingerprint density at radius 1 is 1.07 bits per heavy atom. The molecule has 1 aliphatic carbocycles. The molecule has 4 rings (SSSR count). The summed E-state index contributed by atoms with van der Waals surface area (Å²) in [7, 11) is -3.52. The van der Waals surface area contributed by atoms with Crippen LogP contribution >= 0.6 is 0 Å². The van der Waals surface area contributed by atoms with E-state index in [0.29, 0.717) is 30.0 Å². The summed E-state index contributed by atoms with van der Waals surface area (Å²) in [5.74, 6) is 0.576. The van der Waals surface area contributed by atoms with Crippen molar-refractivity contribution in [3.63, 3.8) is 0 Å². The molecule has 0 bridgehead atoms. The fourth-order valence-electron chi connectivity index (χ4n) is 4.17. The number of carbonyl (C=O) groups excluding carboxylic acids is 1. The van der Waals surface area contributed by atoms with Gasteiger partial charge in [0.1, 0.15) is 5.58 Å². The summed E-state index contributed by atoms with van der Waals surface area (Å²) in [5.41, 5.74) is 0.528. The van der Waals surface area contributed by atoms with Gasteiger partial charge in [0.05, 0.1) is 4.90 Å². The SMILES string of the molecule is CC1CCN(S(=O)(=O)c2ccc3oc(C(=O)NC4CCCCC4)cc3c2)CC1. The molecule has 1 N–H and O–H groups in total. The minimum Gasteiger partial charge on any atom is -0.451 e. The van der Waals surface area contributed by atoms with Gasteiger partial charge in [-0.1, -0.05) is 26.2 Å². The van der Waals surface area contributed by atoms with E-state index in [1.54, 1.807) is 28.6 Å². The molecule has 1 saturated carbocycles. The molecule has 0 spiro atoms. The highest BCUT2D eigenvalue weighted by Crippen LogP contribution is 2.28. The van der Waals surface area contributed by atoms with Crippen molar-refractivity contribution < 1.29 is 17.6 Å². The predicted octanol–water partition coefficient (Wildman–Crippen LogP) is 3.92. The van der Waals surface area contributed by atoms with E-state index in [2.05, 4.69) is 12.2 Å². The molecular formula is C21H28N2O4S. The van der Waals surface area contributed by atoms with Gasteiger partial charge in [-0.25, -0.2) is 8.42 Å². The Balaban J connectivity index is 1.53. The van der Waals surface area contributed by atoms with Crippen LogP contribution in [0.2, 0.25) is 0 Å². The smallest absolute Gasteiger partial charge is 0.287 e. The summed E-state index contributed by atoms with van der Waals surface area (Å²) < 4.78 is 33.2. The number of hydrogen-bond acceptors (Lipinski definition) is 4. The van der Waals surface area contributed by atoms with E-state index in [-0.39, 0.29) is 22.6 Å². The molecule has 2 heterocycles.